The number of hydrogen-bond donors (Lipinski definition) is 0. The van der Waals surface area contributed by atoms with Crippen LogP contribution in [-0.4, -0.2) is 0 Å². The highest BCUT2D eigenvalue weighted by molar-refractivity contribution is 5.56. The molecule has 0 saturated carbocycles. The predicted molar refractivity (Wildman–Crippen MR) is 86.3 cm³/mol. The van der Waals surface area contributed by atoms with Crippen LogP contribution in [0.2, 0.25) is 0 Å². The SMILES string of the molecule is CCC(C)C1(C)c2ccccc2C(C)c2ccccc21. The molecule has 0 aliphatic heterocycles. The van der Waals surface area contributed by atoms with Gasteiger partial charge in [0.15, 0.2) is 0 Å². The Morgan fingerprint density at radius 2 is 1.40 bits per heavy atom. The first-order valence-electron chi connectivity index (χ1n) is 7.79. The lowest BCUT2D eigenvalue weighted by atomic mass is 9.59. The minimum Gasteiger partial charge on any atom is -0.0651 e. The third-order valence-corrected chi connectivity index (χ3v) is 5.57. The molecule has 3 rings (SSSR count). The molecule has 1 unspecified atom stereocenters. The van der Waals surface area contributed by atoms with E-state index in [0.717, 1.165) is 0 Å². The Kier molecular flexibility index (Phi) is 3.20. The fraction of sp³-hybridized carbons (Fsp3) is 0.400. The smallest absolute Gasteiger partial charge is 0.0206 e. The van der Waals surface area contributed by atoms with Gasteiger partial charge in [0.2, 0.25) is 0 Å². The zero-order chi connectivity index (χ0) is 14.3. The van der Waals surface area contributed by atoms with Crippen LogP contribution in [-0.2, 0) is 5.41 Å². The maximum atomic E-state index is 2.44. The first kappa shape index (κ1) is 13.4. The zero-order valence-electron chi connectivity index (χ0n) is 13.0. The van der Waals surface area contributed by atoms with Crippen molar-refractivity contribution in [1.29, 1.82) is 0 Å². The summed E-state index contributed by atoms with van der Waals surface area (Å²) in [7, 11) is 0. The van der Waals surface area contributed by atoms with Crippen LogP contribution in [0.5, 0.6) is 0 Å². The molecule has 20 heavy (non-hydrogen) atoms. The van der Waals surface area contributed by atoms with Gasteiger partial charge in [-0.2, -0.15) is 0 Å². The van der Waals surface area contributed by atoms with Crippen LogP contribution < -0.4 is 0 Å². The van der Waals surface area contributed by atoms with E-state index in [2.05, 4.69) is 76.2 Å². The highest BCUT2D eigenvalue weighted by Gasteiger charge is 2.41. The molecule has 1 aliphatic rings. The third-order valence-electron chi connectivity index (χ3n) is 5.57. The van der Waals surface area contributed by atoms with E-state index in [-0.39, 0.29) is 5.41 Å². The average Bonchev–Trinajstić information content (AvgIpc) is 2.52. The molecule has 0 heterocycles. The molecule has 0 amide bonds. The molecular weight excluding hydrogens is 240 g/mol. The van der Waals surface area contributed by atoms with Crippen molar-refractivity contribution in [1.82, 2.24) is 0 Å². The fourth-order valence-electron chi connectivity index (χ4n) is 3.95. The van der Waals surface area contributed by atoms with Gasteiger partial charge in [-0.15, -0.1) is 0 Å². The predicted octanol–water partition coefficient (Wildman–Crippen LogP) is 5.50. The number of hydrogen-bond acceptors (Lipinski definition) is 0. The Morgan fingerprint density at radius 1 is 0.950 bits per heavy atom. The minimum atomic E-state index is 0.133. The summed E-state index contributed by atoms with van der Waals surface area (Å²) in [5.41, 5.74) is 6.21. The van der Waals surface area contributed by atoms with E-state index in [1.165, 1.54) is 28.7 Å². The van der Waals surface area contributed by atoms with Crippen molar-refractivity contribution >= 4 is 0 Å². The van der Waals surface area contributed by atoms with E-state index in [1.54, 1.807) is 0 Å². The van der Waals surface area contributed by atoms with Gasteiger partial charge in [0, 0.05) is 11.3 Å². The average molecular weight is 264 g/mol. The summed E-state index contributed by atoms with van der Waals surface area (Å²) in [6.07, 6.45) is 1.20. The van der Waals surface area contributed by atoms with E-state index < -0.39 is 0 Å². The lowest BCUT2D eigenvalue weighted by molar-refractivity contribution is 0.351. The molecular formula is C20H24. The van der Waals surface area contributed by atoms with Crippen molar-refractivity contribution in [3.05, 3.63) is 70.8 Å². The molecule has 0 spiro atoms. The van der Waals surface area contributed by atoms with E-state index in [1.807, 2.05) is 0 Å². The second-order valence-electron chi connectivity index (χ2n) is 6.41. The van der Waals surface area contributed by atoms with Crippen molar-refractivity contribution in [2.75, 3.05) is 0 Å². The fourth-order valence-corrected chi connectivity index (χ4v) is 3.95. The summed E-state index contributed by atoms with van der Waals surface area (Å²) in [5, 5.41) is 0. The zero-order valence-corrected chi connectivity index (χ0v) is 13.0. The van der Waals surface area contributed by atoms with Gasteiger partial charge in [-0.1, -0.05) is 82.6 Å². The van der Waals surface area contributed by atoms with Gasteiger partial charge in [-0.25, -0.2) is 0 Å². The lowest BCUT2D eigenvalue weighted by Gasteiger charge is -2.44. The van der Waals surface area contributed by atoms with Crippen molar-refractivity contribution in [2.24, 2.45) is 5.92 Å². The summed E-state index contributed by atoms with van der Waals surface area (Å²) in [4.78, 5) is 0. The first-order chi connectivity index (χ1) is 9.60. The molecule has 0 fully saturated rings. The van der Waals surface area contributed by atoms with E-state index in [0.29, 0.717) is 11.8 Å². The van der Waals surface area contributed by atoms with Gasteiger partial charge in [-0.3, -0.25) is 0 Å². The Bertz CT molecular complexity index is 576. The van der Waals surface area contributed by atoms with Crippen LogP contribution in [0.1, 0.15) is 62.3 Å². The second kappa shape index (κ2) is 4.77. The van der Waals surface area contributed by atoms with Gasteiger partial charge >= 0.3 is 0 Å². The Hall–Kier alpha value is -1.56. The standard InChI is InChI=1S/C20H24/c1-5-14(2)20(4)18-12-8-6-10-16(18)15(3)17-11-7-9-13-19(17)20/h6-15H,5H2,1-4H3. The third kappa shape index (κ3) is 1.67. The minimum absolute atomic E-state index is 0.133. The summed E-state index contributed by atoms with van der Waals surface area (Å²) >= 11 is 0. The lowest BCUT2D eigenvalue weighted by Crippen LogP contribution is -2.37. The highest BCUT2D eigenvalue weighted by atomic mass is 14.4. The first-order valence-corrected chi connectivity index (χ1v) is 7.79. The van der Waals surface area contributed by atoms with Gasteiger partial charge in [0.05, 0.1) is 0 Å². The Morgan fingerprint density at radius 3 is 1.85 bits per heavy atom. The van der Waals surface area contributed by atoms with Crippen molar-refractivity contribution in [2.45, 2.75) is 45.4 Å². The van der Waals surface area contributed by atoms with Crippen LogP contribution in [0.4, 0.5) is 0 Å². The highest BCUT2D eigenvalue weighted by Crippen LogP contribution is 2.50. The van der Waals surface area contributed by atoms with Crippen LogP contribution >= 0.6 is 0 Å². The summed E-state index contributed by atoms with van der Waals surface area (Å²) in [5.74, 6) is 1.14. The molecule has 1 aliphatic carbocycles. The molecule has 0 nitrogen and oxygen atoms in total. The molecule has 0 N–H and O–H groups in total. The van der Waals surface area contributed by atoms with Gasteiger partial charge in [0.25, 0.3) is 0 Å². The van der Waals surface area contributed by atoms with Crippen molar-refractivity contribution < 1.29 is 0 Å². The summed E-state index contributed by atoms with van der Waals surface area (Å²) < 4.78 is 0. The molecule has 104 valence electrons. The Labute approximate surface area is 122 Å². The quantitative estimate of drug-likeness (QED) is 0.671. The Balaban J connectivity index is 2.33. The van der Waals surface area contributed by atoms with Crippen LogP contribution in [0, 0.1) is 5.92 Å². The number of rotatable bonds is 2. The molecule has 0 aromatic heterocycles. The van der Waals surface area contributed by atoms with Crippen LogP contribution in [0.25, 0.3) is 0 Å². The molecule has 0 heteroatoms. The molecule has 0 bridgehead atoms. The van der Waals surface area contributed by atoms with Gasteiger partial charge in [0.1, 0.15) is 0 Å². The van der Waals surface area contributed by atoms with Gasteiger partial charge in [-0.05, 0) is 28.2 Å². The normalized spacial score (nSPS) is 25.7. The van der Waals surface area contributed by atoms with Gasteiger partial charge < -0.3 is 0 Å². The number of fused-ring (bicyclic) bond motifs is 2. The van der Waals surface area contributed by atoms with E-state index in [4.69, 9.17) is 0 Å². The monoisotopic (exact) mass is 264 g/mol. The summed E-state index contributed by atoms with van der Waals surface area (Å²) in [6, 6.07) is 18.1. The summed E-state index contributed by atoms with van der Waals surface area (Å²) in [6.45, 7) is 9.47. The molecule has 2 aromatic rings. The maximum absolute atomic E-state index is 2.44. The topological polar surface area (TPSA) is 0 Å². The molecule has 0 radical (unpaired) electrons. The number of benzene rings is 2. The largest absolute Gasteiger partial charge is 0.0651 e. The van der Waals surface area contributed by atoms with Crippen LogP contribution in [0.3, 0.4) is 0 Å². The second-order valence-corrected chi connectivity index (χ2v) is 6.41. The molecule has 0 saturated heterocycles. The van der Waals surface area contributed by atoms with Crippen molar-refractivity contribution in [3.63, 3.8) is 0 Å². The van der Waals surface area contributed by atoms with E-state index >= 15 is 0 Å². The molecule has 1 atom stereocenters. The maximum Gasteiger partial charge on any atom is 0.0206 e. The molecule has 2 aromatic carbocycles. The van der Waals surface area contributed by atoms with Crippen LogP contribution in [0.15, 0.2) is 48.5 Å². The van der Waals surface area contributed by atoms with E-state index in [9.17, 15) is 0 Å². The van der Waals surface area contributed by atoms with Crippen molar-refractivity contribution in [3.8, 4) is 0 Å².